The van der Waals surface area contributed by atoms with Gasteiger partial charge >= 0.3 is 5.97 Å². The molecule has 1 aromatic carbocycles. The molecule has 0 bridgehead atoms. The Morgan fingerprint density at radius 2 is 2.11 bits per heavy atom. The Balaban J connectivity index is 2.46. The predicted octanol–water partition coefficient (Wildman–Crippen LogP) is 1.55. The zero-order valence-electron chi connectivity index (χ0n) is 11.0. The predicted molar refractivity (Wildman–Crippen MR) is 71.0 cm³/mol. The van der Waals surface area contributed by atoms with Crippen molar-refractivity contribution in [2.45, 2.75) is 13.8 Å². The largest absolute Gasteiger partial charge is 0.507 e. The van der Waals surface area contributed by atoms with Crippen molar-refractivity contribution >= 4 is 11.9 Å². The number of benzene rings is 1. The first kappa shape index (κ1) is 14.8. The molecule has 1 amide bonds. The van der Waals surface area contributed by atoms with Crippen molar-refractivity contribution in [3.8, 4) is 5.75 Å². The first-order chi connectivity index (χ1) is 8.93. The number of ether oxygens (including phenoxy) is 1. The van der Waals surface area contributed by atoms with Crippen molar-refractivity contribution in [3.63, 3.8) is 0 Å². The van der Waals surface area contributed by atoms with Crippen LogP contribution in [0.5, 0.6) is 5.75 Å². The van der Waals surface area contributed by atoms with Crippen LogP contribution >= 0.6 is 0 Å². The Kier molecular flexibility index (Phi) is 5.11. The summed E-state index contributed by atoms with van der Waals surface area (Å²) in [6, 6.07) is 4.92. The van der Waals surface area contributed by atoms with Gasteiger partial charge in [-0.05, 0) is 25.5 Å². The smallest absolute Gasteiger partial charge is 0.333 e. The molecule has 0 unspecified atom stereocenters. The third kappa shape index (κ3) is 4.13. The summed E-state index contributed by atoms with van der Waals surface area (Å²) in [4.78, 5) is 22.8. The molecule has 0 spiro atoms. The molecule has 5 nitrogen and oxygen atoms in total. The number of amides is 1. The van der Waals surface area contributed by atoms with E-state index in [1.807, 2.05) is 0 Å². The summed E-state index contributed by atoms with van der Waals surface area (Å²) >= 11 is 0. The van der Waals surface area contributed by atoms with E-state index in [1.54, 1.807) is 26.0 Å². The van der Waals surface area contributed by atoms with Gasteiger partial charge < -0.3 is 15.2 Å². The van der Waals surface area contributed by atoms with E-state index in [9.17, 15) is 14.7 Å². The molecule has 0 heterocycles. The topological polar surface area (TPSA) is 75.6 Å². The zero-order valence-corrected chi connectivity index (χ0v) is 11.0. The maximum absolute atomic E-state index is 11.8. The number of phenolic OH excluding ortho intramolecular Hbond substituents is 1. The number of carbonyl (C=O) groups excluding carboxylic acids is 2. The van der Waals surface area contributed by atoms with Crippen LogP contribution in [0.1, 0.15) is 22.8 Å². The van der Waals surface area contributed by atoms with Crippen LogP contribution in [-0.4, -0.2) is 30.1 Å². The highest BCUT2D eigenvalue weighted by atomic mass is 16.5. The van der Waals surface area contributed by atoms with Crippen LogP contribution in [0, 0.1) is 6.92 Å². The van der Waals surface area contributed by atoms with Gasteiger partial charge in [-0.3, -0.25) is 4.79 Å². The normalized spacial score (nSPS) is 9.79. The van der Waals surface area contributed by atoms with Crippen LogP contribution in [-0.2, 0) is 9.53 Å². The molecule has 0 saturated heterocycles. The molecule has 0 radical (unpaired) electrons. The van der Waals surface area contributed by atoms with E-state index in [0.717, 1.165) is 0 Å². The van der Waals surface area contributed by atoms with E-state index in [0.29, 0.717) is 11.1 Å². The molecule has 0 aliphatic heterocycles. The van der Waals surface area contributed by atoms with E-state index in [1.165, 1.54) is 6.07 Å². The molecule has 0 aromatic heterocycles. The van der Waals surface area contributed by atoms with Crippen molar-refractivity contribution in [1.82, 2.24) is 5.32 Å². The minimum absolute atomic E-state index is 0.0427. The number of aromatic hydroxyl groups is 1. The summed E-state index contributed by atoms with van der Waals surface area (Å²) in [6.07, 6.45) is 0. The van der Waals surface area contributed by atoms with Crippen molar-refractivity contribution in [2.75, 3.05) is 13.2 Å². The first-order valence-electron chi connectivity index (χ1n) is 5.83. The maximum atomic E-state index is 11.8. The van der Waals surface area contributed by atoms with Gasteiger partial charge in [-0.15, -0.1) is 0 Å². The Morgan fingerprint density at radius 1 is 1.42 bits per heavy atom. The van der Waals surface area contributed by atoms with Crippen LogP contribution in [0.25, 0.3) is 0 Å². The van der Waals surface area contributed by atoms with Crippen molar-refractivity contribution < 1.29 is 19.4 Å². The van der Waals surface area contributed by atoms with Crippen molar-refractivity contribution in [1.29, 1.82) is 0 Å². The molecule has 1 aromatic rings. The molecule has 0 atom stereocenters. The van der Waals surface area contributed by atoms with Crippen LogP contribution in [0.2, 0.25) is 0 Å². The molecule has 0 aliphatic rings. The van der Waals surface area contributed by atoms with E-state index in [4.69, 9.17) is 4.74 Å². The molecule has 0 saturated carbocycles. The minimum Gasteiger partial charge on any atom is -0.507 e. The summed E-state index contributed by atoms with van der Waals surface area (Å²) in [5.74, 6) is -0.945. The monoisotopic (exact) mass is 263 g/mol. The summed E-state index contributed by atoms with van der Waals surface area (Å²) in [6.45, 7) is 6.93. The lowest BCUT2D eigenvalue weighted by molar-refractivity contribution is -0.138. The summed E-state index contributed by atoms with van der Waals surface area (Å²) in [7, 11) is 0. The molecule has 19 heavy (non-hydrogen) atoms. The average molecular weight is 263 g/mol. The van der Waals surface area contributed by atoms with Gasteiger partial charge in [0, 0.05) is 5.57 Å². The Labute approximate surface area is 111 Å². The summed E-state index contributed by atoms with van der Waals surface area (Å²) < 4.78 is 4.83. The summed E-state index contributed by atoms with van der Waals surface area (Å²) in [5.41, 5.74) is 1.13. The second-order valence-electron chi connectivity index (χ2n) is 4.14. The van der Waals surface area contributed by atoms with E-state index < -0.39 is 11.9 Å². The Morgan fingerprint density at radius 3 is 2.74 bits per heavy atom. The fourth-order valence-corrected chi connectivity index (χ4v) is 1.37. The van der Waals surface area contributed by atoms with Gasteiger partial charge in [0.15, 0.2) is 0 Å². The van der Waals surface area contributed by atoms with Gasteiger partial charge in [-0.1, -0.05) is 18.7 Å². The number of rotatable bonds is 5. The van der Waals surface area contributed by atoms with Crippen LogP contribution in [0.4, 0.5) is 0 Å². The Hall–Kier alpha value is -2.30. The molecular formula is C14H17NO4. The number of nitrogens with one attached hydrogen (secondary N) is 1. The van der Waals surface area contributed by atoms with Crippen molar-refractivity contribution in [2.24, 2.45) is 0 Å². The van der Waals surface area contributed by atoms with Gasteiger partial charge in [-0.25, -0.2) is 4.79 Å². The van der Waals surface area contributed by atoms with Gasteiger partial charge in [0.1, 0.15) is 12.4 Å². The van der Waals surface area contributed by atoms with Gasteiger partial charge in [0.2, 0.25) is 0 Å². The number of phenols is 1. The number of para-hydroxylation sites is 1. The second-order valence-corrected chi connectivity index (χ2v) is 4.14. The number of aryl methyl sites for hydroxylation is 1. The molecule has 2 N–H and O–H groups in total. The fraction of sp³-hybridized carbons (Fsp3) is 0.286. The van der Waals surface area contributed by atoms with Crippen LogP contribution in [0.15, 0.2) is 30.4 Å². The van der Waals surface area contributed by atoms with Gasteiger partial charge in [0.05, 0.1) is 12.1 Å². The van der Waals surface area contributed by atoms with Crippen molar-refractivity contribution in [3.05, 3.63) is 41.5 Å². The Bertz CT molecular complexity index is 508. The molecule has 102 valence electrons. The van der Waals surface area contributed by atoms with E-state index in [2.05, 4.69) is 11.9 Å². The maximum Gasteiger partial charge on any atom is 0.333 e. The van der Waals surface area contributed by atoms with E-state index in [-0.39, 0.29) is 24.5 Å². The number of hydrogen-bond acceptors (Lipinski definition) is 4. The molecular weight excluding hydrogens is 246 g/mol. The fourth-order valence-electron chi connectivity index (χ4n) is 1.37. The molecule has 1 rings (SSSR count). The van der Waals surface area contributed by atoms with E-state index >= 15 is 0 Å². The average Bonchev–Trinajstić information content (AvgIpc) is 2.37. The minimum atomic E-state index is -0.493. The zero-order chi connectivity index (χ0) is 14.4. The van der Waals surface area contributed by atoms with Crippen LogP contribution < -0.4 is 5.32 Å². The third-order valence-corrected chi connectivity index (χ3v) is 2.45. The standard InChI is InChI=1S/C14H17NO4/c1-9(2)14(18)19-8-7-15-13(17)11-6-4-5-10(3)12(11)16/h4-6,16H,1,7-8H2,2-3H3,(H,15,17). The second kappa shape index (κ2) is 6.58. The quantitative estimate of drug-likeness (QED) is 0.480. The lowest BCUT2D eigenvalue weighted by Gasteiger charge is -2.08. The first-order valence-corrected chi connectivity index (χ1v) is 5.83. The molecule has 0 fully saturated rings. The van der Waals surface area contributed by atoms with Gasteiger partial charge in [0.25, 0.3) is 5.91 Å². The third-order valence-electron chi connectivity index (χ3n) is 2.45. The molecule has 5 heteroatoms. The number of esters is 1. The molecule has 0 aliphatic carbocycles. The number of carbonyl (C=O) groups is 2. The van der Waals surface area contributed by atoms with Crippen LogP contribution in [0.3, 0.4) is 0 Å². The SMILES string of the molecule is C=C(C)C(=O)OCCNC(=O)c1cccc(C)c1O. The highest BCUT2D eigenvalue weighted by Crippen LogP contribution is 2.20. The van der Waals surface area contributed by atoms with Gasteiger partial charge in [-0.2, -0.15) is 0 Å². The lowest BCUT2D eigenvalue weighted by Crippen LogP contribution is -2.28. The highest BCUT2D eigenvalue weighted by Gasteiger charge is 2.12. The number of hydrogen-bond donors (Lipinski definition) is 2. The summed E-state index contributed by atoms with van der Waals surface area (Å²) in [5, 5.41) is 12.3. The highest BCUT2D eigenvalue weighted by molar-refractivity contribution is 5.97. The lowest BCUT2D eigenvalue weighted by atomic mass is 10.1.